The third kappa shape index (κ3) is 6.95. The molecular weight excluding hydrogens is 698 g/mol. The number of carbonyl (C=O) groups excluding carboxylic acids is 3. The van der Waals surface area contributed by atoms with Crippen molar-refractivity contribution in [3.63, 3.8) is 0 Å². The Morgan fingerprint density at radius 2 is 1.58 bits per heavy atom. The van der Waals surface area contributed by atoms with Gasteiger partial charge < -0.3 is 19.6 Å². The van der Waals surface area contributed by atoms with Gasteiger partial charge in [0.15, 0.2) is 0 Å². The number of imide groups is 1. The molecule has 5 heterocycles. The summed E-state index contributed by atoms with van der Waals surface area (Å²) in [5.41, 5.74) is 6.42. The Morgan fingerprint density at radius 1 is 0.818 bits per heavy atom. The summed E-state index contributed by atoms with van der Waals surface area (Å²) >= 11 is 0. The monoisotopic (exact) mass is 743 g/mol. The summed E-state index contributed by atoms with van der Waals surface area (Å²) in [5.74, 6) is -0.303. The van der Waals surface area contributed by atoms with Gasteiger partial charge in [-0.25, -0.2) is 4.39 Å². The van der Waals surface area contributed by atoms with Crippen LogP contribution >= 0.6 is 0 Å². The Labute approximate surface area is 320 Å². The van der Waals surface area contributed by atoms with Gasteiger partial charge in [-0.1, -0.05) is 48.5 Å². The summed E-state index contributed by atoms with van der Waals surface area (Å²) in [6.07, 6.45) is 2.65. The SMILES string of the molecule is O=C1CCC(N2Cc3cc(CN4CCN(C5CCN(c6ccc([C@@H]7c8ccc(O)cc8OC[C@@H]7c7ccccc7)cc6)CC5)CC4)c(F)cc3C2=O)C(=O)N1. The maximum atomic E-state index is 15.3. The van der Waals surface area contributed by atoms with Crippen LogP contribution in [0.25, 0.3) is 0 Å². The molecule has 3 amide bonds. The van der Waals surface area contributed by atoms with E-state index in [2.05, 4.69) is 68.5 Å². The van der Waals surface area contributed by atoms with Crippen molar-refractivity contribution < 1.29 is 28.6 Å². The number of fused-ring (bicyclic) bond motifs is 2. The molecule has 0 saturated carbocycles. The van der Waals surface area contributed by atoms with E-state index in [0.29, 0.717) is 30.3 Å². The van der Waals surface area contributed by atoms with Crippen molar-refractivity contribution in [1.82, 2.24) is 20.0 Å². The van der Waals surface area contributed by atoms with Crippen molar-refractivity contribution in [3.8, 4) is 11.5 Å². The van der Waals surface area contributed by atoms with Crippen LogP contribution in [0.2, 0.25) is 0 Å². The molecule has 3 saturated heterocycles. The average molecular weight is 744 g/mol. The molecular formula is C44H46FN5O5. The van der Waals surface area contributed by atoms with Crippen LogP contribution in [-0.4, -0.2) is 95.5 Å². The zero-order valence-corrected chi connectivity index (χ0v) is 30.8. The first-order valence-electron chi connectivity index (χ1n) is 19.6. The number of nitrogens with zero attached hydrogens (tertiary/aromatic N) is 4. The predicted octanol–water partition coefficient (Wildman–Crippen LogP) is 5.39. The van der Waals surface area contributed by atoms with Crippen LogP contribution in [0, 0.1) is 5.82 Å². The molecule has 9 rings (SSSR count). The number of anilines is 1. The van der Waals surface area contributed by atoms with Crippen LogP contribution in [0.1, 0.15) is 75.7 Å². The predicted molar refractivity (Wildman–Crippen MR) is 206 cm³/mol. The second-order valence-electron chi connectivity index (χ2n) is 15.7. The number of phenols is 1. The number of ether oxygens (including phenoxy) is 1. The molecule has 0 radical (unpaired) electrons. The Kier molecular flexibility index (Phi) is 9.51. The van der Waals surface area contributed by atoms with Gasteiger partial charge in [-0.05, 0) is 66.3 Å². The highest BCUT2D eigenvalue weighted by molar-refractivity contribution is 6.05. The van der Waals surface area contributed by atoms with Crippen molar-refractivity contribution >= 4 is 23.4 Å². The zero-order valence-electron chi connectivity index (χ0n) is 30.8. The molecule has 5 aliphatic heterocycles. The highest BCUT2D eigenvalue weighted by Crippen LogP contribution is 2.47. The fraction of sp³-hybridized carbons (Fsp3) is 0.386. The smallest absolute Gasteiger partial charge is 0.255 e. The summed E-state index contributed by atoms with van der Waals surface area (Å²) in [7, 11) is 0. The van der Waals surface area contributed by atoms with E-state index in [1.54, 1.807) is 18.2 Å². The van der Waals surface area contributed by atoms with Gasteiger partial charge in [-0.3, -0.25) is 29.5 Å². The van der Waals surface area contributed by atoms with Gasteiger partial charge in [-0.15, -0.1) is 0 Å². The van der Waals surface area contributed by atoms with Crippen LogP contribution < -0.4 is 15.0 Å². The number of rotatable bonds is 7. The summed E-state index contributed by atoms with van der Waals surface area (Å²) in [5, 5.41) is 12.5. The minimum Gasteiger partial charge on any atom is -0.508 e. The van der Waals surface area contributed by atoms with Crippen molar-refractivity contribution in [2.75, 3.05) is 50.8 Å². The molecule has 10 nitrogen and oxygen atoms in total. The van der Waals surface area contributed by atoms with Crippen LogP contribution in [-0.2, 0) is 22.7 Å². The van der Waals surface area contributed by atoms with Crippen LogP contribution in [0.15, 0.2) is 84.9 Å². The number of hydrogen-bond donors (Lipinski definition) is 2. The lowest BCUT2D eigenvalue weighted by Crippen LogP contribution is -2.53. The molecule has 4 aromatic carbocycles. The summed E-state index contributed by atoms with van der Waals surface area (Å²) < 4.78 is 21.5. The standard InChI is InChI=1S/C44H46FN5O5/c45-38-24-36-30(26-50(44(36)54)39-12-13-41(52)46-43(39)53)22-31(38)25-47-18-20-49(21-19-47)33-14-16-48(17-15-33)32-8-6-29(7-9-32)42-35-11-10-34(51)23-40(35)55-27-37(42)28-4-2-1-3-5-28/h1-11,22-24,33,37,39,42,51H,12-21,25-27H2,(H,46,52,53)/t37-,39?,42-/m1/s1. The molecule has 0 aliphatic carbocycles. The van der Waals surface area contributed by atoms with E-state index in [1.165, 1.54) is 27.8 Å². The molecule has 3 atom stereocenters. The lowest BCUT2D eigenvalue weighted by atomic mass is 9.76. The second-order valence-corrected chi connectivity index (χ2v) is 15.7. The van der Waals surface area contributed by atoms with Gasteiger partial charge >= 0.3 is 0 Å². The van der Waals surface area contributed by atoms with E-state index in [-0.39, 0.29) is 48.8 Å². The minimum atomic E-state index is -0.712. The van der Waals surface area contributed by atoms with Crippen LogP contribution in [0.4, 0.5) is 10.1 Å². The third-order valence-electron chi connectivity index (χ3n) is 12.5. The number of halogens is 1. The quantitative estimate of drug-likeness (QED) is 0.243. The third-order valence-corrected chi connectivity index (χ3v) is 12.5. The Morgan fingerprint density at radius 3 is 2.33 bits per heavy atom. The highest BCUT2D eigenvalue weighted by Gasteiger charge is 2.40. The zero-order chi connectivity index (χ0) is 37.6. The first kappa shape index (κ1) is 35.4. The normalized spacial score (nSPS) is 23.7. The molecule has 2 N–H and O–H groups in total. The van der Waals surface area contributed by atoms with Crippen molar-refractivity contribution in [3.05, 3.63) is 124 Å². The maximum Gasteiger partial charge on any atom is 0.255 e. The number of carbonyl (C=O) groups is 3. The fourth-order valence-corrected chi connectivity index (χ4v) is 9.47. The maximum absolute atomic E-state index is 15.3. The number of benzene rings is 4. The van der Waals surface area contributed by atoms with Gasteiger partial charge in [-0.2, -0.15) is 0 Å². The first-order chi connectivity index (χ1) is 26.8. The molecule has 5 aliphatic rings. The van der Waals surface area contributed by atoms with E-state index in [1.807, 2.05) is 12.1 Å². The van der Waals surface area contributed by atoms with Crippen molar-refractivity contribution in [1.29, 1.82) is 0 Å². The van der Waals surface area contributed by atoms with E-state index >= 15 is 4.39 Å². The number of aromatic hydroxyl groups is 1. The van der Waals surface area contributed by atoms with Gasteiger partial charge in [0.05, 0.1) is 6.61 Å². The summed E-state index contributed by atoms with van der Waals surface area (Å²) in [4.78, 5) is 46.0. The van der Waals surface area contributed by atoms with E-state index in [4.69, 9.17) is 4.74 Å². The molecule has 284 valence electrons. The lowest BCUT2D eigenvalue weighted by molar-refractivity contribution is -0.136. The first-order valence-corrected chi connectivity index (χ1v) is 19.6. The van der Waals surface area contributed by atoms with Crippen LogP contribution in [0.3, 0.4) is 0 Å². The van der Waals surface area contributed by atoms with E-state index < -0.39 is 17.8 Å². The number of piperazine rings is 1. The molecule has 11 heteroatoms. The molecule has 3 fully saturated rings. The average Bonchev–Trinajstić information content (AvgIpc) is 3.52. The molecule has 1 unspecified atom stereocenters. The van der Waals surface area contributed by atoms with Gasteiger partial charge in [0.2, 0.25) is 11.8 Å². The number of nitrogens with one attached hydrogen (secondary N) is 1. The largest absolute Gasteiger partial charge is 0.508 e. The number of hydrogen-bond acceptors (Lipinski definition) is 8. The van der Waals surface area contributed by atoms with Crippen molar-refractivity contribution in [2.45, 2.75) is 62.7 Å². The number of phenolic OH excluding ortho intramolecular Hbond substituents is 1. The minimum absolute atomic E-state index is 0.115. The Hall–Kier alpha value is -5.26. The summed E-state index contributed by atoms with van der Waals surface area (Å²) in [6.45, 7) is 6.81. The topological polar surface area (TPSA) is 106 Å². The lowest BCUT2D eigenvalue weighted by Gasteiger charge is -2.43. The highest BCUT2D eigenvalue weighted by atomic mass is 19.1. The van der Waals surface area contributed by atoms with Gasteiger partial charge in [0.1, 0.15) is 23.4 Å². The molecule has 4 aromatic rings. The number of amides is 3. The van der Waals surface area contributed by atoms with E-state index in [0.717, 1.165) is 69.0 Å². The molecule has 0 bridgehead atoms. The van der Waals surface area contributed by atoms with E-state index in [9.17, 15) is 19.5 Å². The number of piperidine rings is 2. The van der Waals surface area contributed by atoms with Crippen molar-refractivity contribution in [2.24, 2.45) is 0 Å². The Bertz CT molecular complexity index is 2100. The summed E-state index contributed by atoms with van der Waals surface area (Å²) in [6, 6.07) is 28.0. The second kappa shape index (κ2) is 14.8. The molecule has 55 heavy (non-hydrogen) atoms. The van der Waals surface area contributed by atoms with Crippen LogP contribution in [0.5, 0.6) is 11.5 Å². The Balaban J connectivity index is 0.792. The molecule has 0 spiro atoms. The molecule has 0 aromatic heterocycles. The van der Waals surface area contributed by atoms with Gasteiger partial charge in [0.25, 0.3) is 5.91 Å². The van der Waals surface area contributed by atoms with Gasteiger partial charge in [0, 0.05) is 105 Å². The fourth-order valence-electron chi connectivity index (χ4n) is 9.47.